The van der Waals surface area contributed by atoms with Crippen LogP contribution in [-0.2, 0) is 23.9 Å². The summed E-state index contributed by atoms with van der Waals surface area (Å²) in [4.78, 5) is 22.6. The number of nitrogens with two attached hydrogens (primary N) is 1. The van der Waals surface area contributed by atoms with Gasteiger partial charge in [0.15, 0.2) is 11.5 Å². The molecule has 0 aromatic carbocycles. The van der Waals surface area contributed by atoms with Gasteiger partial charge in [0.05, 0.1) is 18.4 Å². The largest absolute Gasteiger partial charge is 0.368 e. The molecule has 0 aliphatic carbocycles. The molecule has 2 N–H and O–H groups in total. The number of rotatable bonds is 2. The van der Waals surface area contributed by atoms with Gasteiger partial charge in [-0.15, -0.1) is 0 Å². The van der Waals surface area contributed by atoms with Crippen molar-refractivity contribution in [2.24, 2.45) is 7.05 Å². The number of hydrogen-bond acceptors (Lipinski definition) is 8. The molecule has 0 bridgehead atoms. The fourth-order valence-corrected chi connectivity index (χ4v) is 3.46. The Balaban J connectivity index is 1.82. The van der Waals surface area contributed by atoms with Crippen LogP contribution in [0.15, 0.2) is 24.8 Å². The number of fused-ring (bicyclic) bond motifs is 3. The van der Waals surface area contributed by atoms with Crippen molar-refractivity contribution in [3.63, 3.8) is 0 Å². The average molecular weight is 377 g/mol. The summed E-state index contributed by atoms with van der Waals surface area (Å²) in [6.07, 6.45) is 6.92. The Bertz CT molecular complexity index is 1190. The normalized spacial score (nSPS) is 15.7. The summed E-state index contributed by atoms with van der Waals surface area (Å²) in [5.41, 5.74) is 8.85. The van der Waals surface area contributed by atoms with E-state index in [-0.39, 0.29) is 5.95 Å². The predicted molar refractivity (Wildman–Crippen MR) is 102 cm³/mol. The second-order valence-electron chi connectivity index (χ2n) is 7.25. The van der Waals surface area contributed by atoms with Crippen LogP contribution in [0.1, 0.15) is 19.7 Å². The Morgan fingerprint density at radius 2 is 1.86 bits per heavy atom. The Morgan fingerprint density at radius 1 is 1.07 bits per heavy atom. The quantitative estimate of drug-likeness (QED) is 0.558. The van der Waals surface area contributed by atoms with Crippen LogP contribution in [0.4, 0.5) is 5.95 Å². The number of ether oxygens (including phenoxy) is 1. The molecule has 10 heteroatoms. The Morgan fingerprint density at radius 3 is 2.57 bits per heavy atom. The zero-order valence-corrected chi connectivity index (χ0v) is 15.8. The van der Waals surface area contributed by atoms with Crippen LogP contribution in [0.25, 0.3) is 33.8 Å². The van der Waals surface area contributed by atoms with Gasteiger partial charge in [-0.2, -0.15) is 5.10 Å². The van der Waals surface area contributed by atoms with Gasteiger partial charge in [0, 0.05) is 37.7 Å². The molecular weight excluding hydrogens is 358 g/mol. The second kappa shape index (κ2) is 5.80. The number of hydrogen-bond donors (Lipinski definition) is 1. The molecule has 5 heterocycles. The number of nitrogens with zero attached hydrogens (tertiary/aromatic N) is 8. The van der Waals surface area contributed by atoms with Gasteiger partial charge in [-0.1, -0.05) is 0 Å². The summed E-state index contributed by atoms with van der Waals surface area (Å²) in [6.45, 7) is 5.29. The molecule has 5 rings (SSSR count). The molecule has 0 atom stereocenters. The van der Waals surface area contributed by atoms with Crippen molar-refractivity contribution >= 4 is 17.1 Å². The molecule has 0 saturated carbocycles. The van der Waals surface area contributed by atoms with Crippen LogP contribution in [0.3, 0.4) is 0 Å². The summed E-state index contributed by atoms with van der Waals surface area (Å²) in [5.74, 6) is 1.55. The van der Waals surface area contributed by atoms with Crippen LogP contribution >= 0.6 is 0 Å². The van der Waals surface area contributed by atoms with Crippen molar-refractivity contribution < 1.29 is 4.74 Å². The van der Waals surface area contributed by atoms with E-state index in [2.05, 4.69) is 19.6 Å². The number of aromatic nitrogens is 8. The van der Waals surface area contributed by atoms with E-state index in [1.54, 1.807) is 23.3 Å². The minimum absolute atomic E-state index is 0.206. The third-order valence-electron chi connectivity index (χ3n) is 4.82. The topological polar surface area (TPSA) is 122 Å². The lowest BCUT2D eigenvalue weighted by atomic mass is 10.1. The van der Waals surface area contributed by atoms with Crippen molar-refractivity contribution in [3.05, 3.63) is 30.6 Å². The maximum absolute atomic E-state index is 5.92. The molecule has 4 aromatic heterocycles. The maximum Gasteiger partial charge on any atom is 0.219 e. The molecule has 0 amide bonds. The molecule has 0 fully saturated rings. The Kier molecular flexibility index (Phi) is 3.47. The first-order valence-corrected chi connectivity index (χ1v) is 8.92. The molecular formula is C18H19N9O. The Labute approximate surface area is 160 Å². The lowest BCUT2D eigenvalue weighted by Crippen LogP contribution is -2.33. The van der Waals surface area contributed by atoms with E-state index in [1.807, 2.05) is 27.1 Å². The fraction of sp³-hybridized carbons (Fsp3) is 0.333. The number of imidazole rings is 1. The zero-order valence-electron chi connectivity index (χ0n) is 15.8. The molecule has 0 radical (unpaired) electrons. The highest BCUT2D eigenvalue weighted by Gasteiger charge is 2.34. The van der Waals surface area contributed by atoms with Crippen molar-refractivity contribution in [3.8, 4) is 22.6 Å². The van der Waals surface area contributed by atoms with Gasteiger partial charge in [0.1, 0.15) is 22.6 Å². The molecule has 1 aliphatic heterocycles. The third-order valence-corrected chi connectivity index (χ3v) is 4.82. The van der Waals surface area contributed by atoms with E-state index in [1.165, 1.54) is 0 Å². The second-order valence-corrected chi connectivity index (χ2v) is 7.25. The first-order chi connectivity index (χ1) is 13.4. The van der Waals surface area contributed by atoms with Gasteiger partial charge in [-0.05, 0) is 13.8 Å². The third kappa shape index (κ3) is 2.53. The van der Waals surface area contributed by atoms with Crippen molar-refractivity contribution in [1.82, 2.24) is 39.3 Å². The van der Waals surface area contributed by atoms with Crippen LogP contribution < -0.4 is 5.73 Å². The van der Waals surface area contributed by atoms with Crippen molar-refractivity contribution in [1.29, 1.82) is 0 Å². The molecule has 142 valence electrons. The smallest absolute Gasteiger partial charge is 0.219 e. The van der Waals surface area contributed by atoms with Crippen molar-refractivity contribution in [2.45, 2.75) is 26.0 Å². The van der Waals surface area contributed by atoms with Crippen LogP contribution in [-0.4, -0.2) is 45.9 Å². The minimum atomic E-state index is -0.504. The molecule has 28 heavy (non-hydrogen) atoms. The van der Waals surface area contributed by atoms with E-state index in [4.69, 9.17) is 25.4 Å². The fourth-order valence-electron chi connectivity index (χ4n) is 3.46. The highest BCUT2D eigenvalue weighted by molar-refractivity contribution is 5.89. The lowest BCUT2D eigenvalue weighted by Gasteiger charge is -2.30. The first-order valence-electron chi connectivity index (χ1n) is 8.92. The van der Waals surface area contributed by atoms with Gasteiger partial charge in [-0.3, -0.25) is 4.68 Å². The Hall–Kier alpha value is -3.40. The SMILES string of the molecule is Cn1cc(-c2nc(-c3cnc(N)nc3)nc3c2nc2n3CCOC2(C)C)cn1. The minimum Gasteiger partial charge on any atom is -0.368 e. The van der Waals surface area contributed by atoms with Gasteiger partial charge < -0.3 is 15.0 Å². The summed E-state index contributed by atoms with van der Waals surface area (Å²) in [6, 6.07) is 0. The van der Waals surface area contributed by atoms with E-state index >= 15 is 0 Å². The molecule has 0 unspecified atom stereocenters. The zero-order chi connectivity index (χ0) is 19.5. The van der Waals surface area contributed by atoms with E-state index < -0.39 is 5.60 Å². The van der Waals surface area contributed by atoms with Gasteiger partial charge in [-0.25, -0.2) is 24.9 Å². The number of aryl methyl sites for hydroxylation is 1. The van der Waals surface area contributed by atoms with Crippen LogP contribution in [0, 0.1) is 0 Å². The summed E-state index contributed by atoms with van der Waals surface area (Å²) >= 11 is 0. The maximum atomic E-state index is 5.92. The van der Waals surface area contributed by atoms with Crippen LogP contribution in [0.2, 0.25) is 0 Å². The predicted octanol–water partition coefficient (Wildman–Crippen LogP) is 1.53. The van der Waals surface area contributed by atoms with Gasteiger partial charge >= 0.3 is 0 Å². The monoisotopic (exact) mass is 377 g/mol. The van der Waals surface area contributed by atoms with Gasteiger partial charge in [0.2, 0.25) is 5.95 Å². The first kappa shape index (κ1) is 16.8. The van der Waals surface area contributed by atoms with E-state index in [0.29, 0.717) is 30.2 Å². The van der Waals surface area contributed by atoms with Crippen molar-refractivity contribution in [2.75, 3.05) is 12.3 Å². The summed E-state index contributed by atoms with van der Waals surface area (Å²) < 4.78 is 9.75. The highest BCUT2D eigenvalue weighted by atomic mass is 16.5. The molecule has 10 nitrogen and oxygen atoms in total. The average Bonchev–Trinajstić information content (AvgIpc) is 3.26. The van der Waals surface area contributed by atoms with Gasteiger partial charge in [0.25, 0.3) is 0 Å². The summed E-state index contributed by atoms with van der Waals surface area (Å²) in [5, 5.41) is 4.28. The molecule has 4 aromatic rings. The lowest BCUT2D eigenvalue weighted by molar-refractivity contribution is -0.0530. The van der Waals surface area contributed by atoms with E-state index in [0.717, 1.165) is 22.6 Å². The number of anilines is 1. The standard InChI is InChI=1S/C18H19N9O/c1-18(2)16-24-13-12(11-8-22-26(3)9-11)23-14(10-6-20-17(19)21-7-10)25-15(13)27(16)4-5-28-18/h6-9H,4-5H2,1-3H3,(H2,19,20,21). The molecule has 1 aliphatic rings. The molecule has 0 saturated heterocycles. The number of nitrogen functional groups attached to an aromatic ring is 1. The highest BCUT2D eigenvalue weighted by Crippen LogP contribution is 2.35. The summed E-state index contributed by atoms with van der Waals surface area (Å²) in [7, 11) is 1.87. The molecule has 0 spiro atoms. The van der Waals surface area contributed by atoms with E-state index in [9.17, 15) is 0 Å². The van der Waals surface area contributed by atoms with Crippen LogP contribution in [0.5, 0.6) is 0 Å².